The van der Waals surface area contributed by atoms with Crippen LogP contribution in [-0.4, -0.2) is 37.2 Å². The van der Waals surface area contributed by atoms with Crippen molar-refractivity contribution in [1.82, 2.24) is 0 Å². The van der Waals surface area contributed by atoms with E-state index in [1.54, 1.807) is 0 Å². The molecule has 0 aromatic heterocycles. The van der Waals surface area contributed by atoms with Crippen molar-refractivity contribution >= 4 is 17.9 Å². The summed E-state index contributed by atoms with van der Waals surface area (Å²) in [4.78, 5) is 38.1. The molecule has 0 aromatic rings. The average Bonchev–Trinajstić information content (AvgIpc) is 3.33. The average molecular weight is 927 g/mol. The van der Waals surface area contributed by atoms with Crippen LogP contribution < -0.4 is 0 Å². The Morgan fingerprint density at radius 1 is 0.313 bits per heavy atom. The van der Waals surface area contributed by atoms with Gasteiger partial charge in [0.2, 0.25) is 0 Å². The number of ether oxygens (including phenoxy) is 3. The molecule has 0 aliphatic heterocycles. The fourth-order valence-corrected chi connectivity index (χ4v) is 6.92. The van der Waals surface area contributed by atoms with Crippen molar-refractivity contribution in [2.24, 2.45) is 0 Å². The quantitative estimate of drug-likeness (QED) is 0.0262. The number of carbonyl (C=O) groups excluding carboxylic acids is 3. The Bertz CT molecular complexity index is 1440. The van der Waals surface area contributed by atoms with Gasteiger partial charge < -0.3 is 14.2 Å². The third-order valence-electron chi connectivity index (χ3n) is 10.9. The van der Waals surface area contributed by atoms with Crippen LogP contribution in [0.4, 0.5) is 0 Å². The Hall–Kier alpha value is -4.19. The van der Waals surface area contributed by atoms with Crippen molar-refractivity contribution in [3.8, 4) is 0 Å². The number of rotatable bonds is 47. The normalized spacial score (nSPS) is 13.1. The van der Waals surface area contributed by atoms with Crippen LogP contribution in [0.15, 0.2) is 122 Å². The van der Waals surface area contributed by atoms with Crippen LogP contribution in [0.5, 0.6) is 0 Å². The van der Waals surface area contributed by atoms with Gasteiger partial charge in [-0.3, -0.25) is 14.4 Å². The largest absolute Gasteiger partial charge is 0.462 e. The molecule has 0 radical (unpaired) electrons. The second-order valence-electron chi connectivity index (χ2n) is 17.4. The van der Waals surface area contributed by atoms with Gasteiger partial charge in [0.05, 0.1) is 0 Å². The van der Waals surface area contributed by atoms with Crippen LogP contribution >= 0.6 is 0 Å². The molecule has 1 atom stereocenters. The van der Waals surface area contributed by atoms with Crippen molar-refractivity contribution in [1.29, 1.82) is 0 Å². The molecule has 378 valence electrons. The van der Waals surface area contributed by atoms with Crippen LogP contribution in [-0.2, 0) is 28.6 Å². The van der Waals surface area contributed by atoms with Crippen molar-refractivity contribution < 1.29 is 28.6 Å². The third-order valence-corrected chi connectivity index (χ3v) is 10.9. The first-order valence-corrected chi connectivity index (χ1v) is 27.0. The predicted octanol–water partition coefficient (Wildman–Crippen LogP) is 18.1. The Labute approximate surface area is 412 Å². The van der Waals surface area contributed by atoms with E-state index in [0.717, 1.165) is 128 Å². The standard InChI is InChI=1S/C61H98O6/c1-4-7-10-13-16-19-22-25-28-30-33-35-38-41-44-47-50-53-59(62)65-56-58(67-61(64)55-52-49-46-43-40-37-32-27-24-21-18-15-12-9-6-3)57-66-60(63)54-51-48-45-42-39-36-34-31-29-26-23-20-17-14-11-8-5-2/h7,9-10,12,16-21,25-29,32-33,35,40,43,58H,4-6,8,11,13-15,22-24,30-31,34,36-39,41-42,44-57H2,1-3H3/b10-7-,12-9-,19-16-,20-17-,21-18-,28-25-,29-26-,32-27-,35-33-,43-40-/t58-/m1/s1. The van der Waals surface area contributed by atoms with Crippen LogP contribution in [0.3, 0.4) is 0 Å². The lowest BCUT2D eigenvalue weighted by molar-refractivity contribution is -0.167. The molecule has 0 aliphatic rings. The molecule has 0 spiro atoms. The summed E-state index contributed by atoms with van der Waals surface area (Å²) in [7, 11) is 0. The molecular weight excluding hydrogens is 829 g/mol. The van der Waals surface area contributed by atoms with E-state index in [9.17, 15) is 14.4 Å². The van der Waals surface area contributed by atoms with E-state index in [1.807, 2.05) is 0 Å². The highest BCUT2D eigenvalue weighted by atomic mass is 16.6. The van der Waals surface area contributed by atoms with Gasteiger partial charge in [-0.25, -0.2) is 0 Å². The zero-order valence-corrected chi connectivity index (χ0v) is 43.1. The second kappa shape index (κ2) is 54.4. The van der Waals surface area contributed by atoms with Gasteiger partial charge in [0.1, 0.15) is 13.2 Å². The van der Waals surface area contributed by atoms with Gasteiger partial charge in [-0.15, -0.1) is 0 Å². The van der Waals surface area contributed by atoms with E-state index >= 15 is 0 Å². The molecule has 0 saturated carbocycles. The minimum absolute atomic E-state index is 0.110. The monoisotopic (exact) mass is 927 g/mol. The first-order chi connectivity index (χ1) is 33.0. The zero-order valence-electron chi connectivity index (χ0n) is 43.1. The zero-order chi connectivity index (χ0) is 48.6. The van der Waals surface area contributed by atoms with E-state index < -0.39 is 6.10 Å². The van der Waals surface area contributed by atoms with Gasteiger partial charge in [-0.1, -0.05) is 200 Å². The Morgan fingerprint density at radius 2 is 0.582 bits per heavy atom. The van der Waals surface area contributed by atoms with E-state index in [-0.39, 0.29) is 37.5 Å². The van der Waals surface area contributed by atoms with Gasteiger partial charge in [0, 0.05) is 19.3 Å². The van der Waals surface area contributed by atoms with Gasteiger partial charge >= 0.3 is 17.9 Å². The van der Waals surface area contributed by atoms with Crippen LogP contribution in [0.1, 0.15) is 226 Å². The first-order valence-electron chi connectivity index (χ1n) is 27.0. The lowest BCUT2D eigenvalue weighted by Crippen LogP contribution is -2.30. The van der Waals surface area contributed by atoms with E-state index in [4.69, 9.17) is 14.2 Å². The maximum atomic E-state index is 12.8. The van der Waals surface area contributed by atoms with Crippen molar-refractivity contribution in [2.75, 3.05) is 13.2 Å². The number of carbonyl (C=O) groups is 3. The minimum atomic E-state index is -0.817. The predicted molar refractivity (Wildman–Crippen MR) is 288 cm³/mol. The summed E-state index contributed by atoms with van der Waals surface area (Å²) in [5, 5.41) is 0. The van der Waals surface area contributed by atoms with E-state index in [1.165, 1.54) is 51.4 Å². The van der Waals surface area contributed by atoms with Crippen molar-refractivity contribution in [3.05, 3.63) is 122 Å². The molecule has 6 nitrogen and oxygen atoms in total. The molecule has 67 heavy (non-hydrogen) atoms. The summed E-state index contributed by atoms with van der Waals surface area (Å²) in [6, 6.07) is 0. The number of unbranched alkanes of at least 4 members (excludes halogenated alkanes) is 16. The number of hydrogen-bond acceptors (Lipinski definition) is 6. The Kier molecular flexibility index (Phi) is 51.0. The van der Waals surface area contributed by atoms with Crippen LogP contribution in [0.25, 0.3) is 0 Å². The number of allylic oxidation sites excluding steroid dienone is 20. The van der Waals surface area contributed by atoms with Gasteiger partial charge in [-0.05, 0) is 128 Å². The van der Waals surface area contributed by atoms with Gasteiger partial charge in [0.25, 0.3) is 0 Å². The summed E-state index contributed by atoms with van der Waals surface area (Å²) in [5.41, 5.74) is 0. The second-order valence-corrected chi connectivity index (χ2v) is 17.4. The first kappa shape index (κ1) is 62.8. The smallest absolute Gasteiger partial charge is 0.306 e. The highest BCUT2D eigenvalue weighted by Crippen LogP contribution is 2.13. The molecular formula is C61H98O6. The molecule has 0 unspecified atom stereocenters. The van der Waals surface area contributed by atoms with E-state index in [2.05, 4.69) is 142 Å². The Morgan fingerprint density at radius 3 is 0.940 bits per heavy atom. The fourth-order valence-electron chi connectivity index (χ4n) is 6.92. The molecule has 0 fully saturated rings. The van der Waals surface area contributed by atoms with Gasteiger partial charge in [-0.2, -0.15) is 0 Å². The minimum Gasteiger partial charge on any atom is -0.462 e. The summed E-state index contributed by atoms with van der Waals surface area (Å²) >= 11 is 0. The Balaban J connectivity index is 4.52. The third kappa shape index (κ3) is 52.6. The maximum absolute atomic E-state index is 12.8. The van der Waals surface area contributed by atoms with Crippen LogP contribution in [0.2, 0.25) is 0 Å². The highest BCUT2D eigenvalue weighted by Gasteiger charge is 2.19. The molecule has 6 heteroatoms. The lowest BCUT2D eigenvalue weighted by atomic mass is 10.1. The molecule has 0 aromatic carbocycles. The number of esters is 3. The maximum Gasteiger partial charge on any atom is 0.306 e. The molecule has 0 rings (SSSR count). The SMILES string of the molecule is CC/C=C\C/C=C\C/C=C\C/C=C\CCCCCCC(=O)OC[C@H](COC(=O)CCCCCCCCC/C=C\C/C=C\CCCCC)OC(=O)CCCC/C=C\C/C=C\C/C=C\C/C=C\CC. The highest BCUT2D eigenvalue weighted by molar-refractivity contribution is 5.71. The molecule has 0 bridgehead atoms. The topological polar surface area (TPSA) is 78.9 Å². The van der Waals surface area contributed by atoms with Gasteiger partial charge in [0.15, 0.2) is 6.10 Å². The van der Waals surface area contributed by atoms with Crippen molar-refractivity contribution in [3.63, 3.8) is 0 Å². The summed E-state index contributed by atoms with van der Waals surface area (Å²) < 4.78 is 16.8. The summed E-state index contributed by atoms with van der Waals surface area (Å²) in [6.07, 6.45) is 74.7. The molecule has 0 heterocycles. The fraction of sp³-hybridized carbons (Fsp3) is 0.623. The molecule has 0 amide bonds. The van der Waals surface area contributed by atoms with Crippen LogP contribution in [0, 0.1) is 0 Å². The van der Waals surface area contributed by atoms with E-state index in [0.29, 0.717) is 19.3 Å². The summed E-state index contributed by atoms with van der Waals surface area (Å²) in [6.45, 7) is 6.31. The van der Waals surface area contributed by atoms with Crippen molar-refractivity contribution in [2.45, 2.75) is 232 Å². The molecule has 0 N–H and O–H groups in total. The molecule has 0 saturated heterocycles. The lowest BCUT2D eigenvalue weighted by Gasteiger charge is -2.18. The molecule has 0 aliphatic carbocycles. The number of hydrogen-bond donors (Lipinski definition) is 0. The summed E-state index contributed by atoms with van der Waals surface area (Å²) in [5.74, 6) is -0.989.